The highest BCUT2D eigenvalue weighted by Crippen LogP contribution is 2.27. The average molecular weight is 444 g/mol. The minimum absolute atomic E-state index is 0.162. The van der Waals surface area contributed by atoms with Gasteiger partial charge >= 0.3 is 0 Å². The molecule has 0 radical (unpaired) electrons. The van der Waals surface area contributed by atoms with Crippen molar-refractivity contribution in [1.29, 1.82) is 0 Å². The van der Waals surface area contributed by atoms with Crippen LogP contribution in [-0.2, 0) is 6.54 Å². The molecule has 2 aromatic heterocycles. The fourth-order valence-electron chi connectivity index (χ4n) is 3.72. The van der Waals surface area contributed by atoms with Gasteiger partial charge in [-0.3, -0.25) is 9.59 Å². The summed E-state index contributed by atoms with van der Waals surface area (Å²) in [6, 6.07) is 6.59. The number of carbonyl (C=O) groups is 1. The molecule has 1 atom stereocenters. The maximum atomic E-state index is 12.9. The van der Waals surface area contributed by atoms with Crippen molar-refractivity contribution in [2.24, 2.45) is 5.92 Å². The lowest BCUT2D eigenvalue weighted by Crippen LogP contribution is -2.34. The lowest BCUT2D eigenvalue weighted by atomic mass is 10.0. The van der Waals surface area contributed by atoms with Crippen molar-refractivity contribution in [2.75, 3.05) is 32.2 Å². The maximum absolute atomic E-state index is 12.9. The summed E-state index contributed by atoms with van der Waals surface area (Å²) < 4.78 is 12.0. The number of hydrogen-bond donors (Lipinski definition) is 1. The molecule has 3 aromatic rings. The third kappa shape index (κ3) is 4.48. The van der Waals surface area contributed by atoms with E-state index in [1.54, 1.807) is 26.4 Å². The average Bonchev–Trinajstić information content (AvgIpc) is 3.20. The molecule has 1 fully saturated rings. The second kappa shape index (κ2) is 8.93. The lowest BCUT2D eigenvalue weighted by Gasteiger charge is -2.30. The molecule has 1 aliphatic rings. The quantitative estimate of drug-likeness (QED) is 0.624. The molecule has 1 aromatic carbocycles. The number of amides is 1. The van der Waals surface area contributed by atoms with Gasteiger partial charge in [0.15, 0.2) is 0 Å². The summed E-state index contributed by atoms with van der Waals surface area (Å²) in [5.74, 6) is 1.44. The van der Waals surface area contributed by atoms with Crippen molar-refractivity contribution in [3.05, 3.63) is 45.9 Å². The summed E-state index contributed by atoms with van der Waals surface area (Å²) >= 11 is 1.33. The molecular weight excluding hydrogens is 418 g/mol. The van der Waals surface area contributed by atoms with Crippen LogP contribution in [0.4, 0.5) is 5.13 Å². The molecule has 164 valence electrons. The maximum Gasteiger partial charge on any atom is 0.274 e. The molecule has 0 aliphatic carbocycles. The number of nitrogens with one attached hydrogen (secondary N) is 1. The van der Waals surface area contributed by atoms with Gasteiger partial charge in [-0.2, -0.15) is 9.50 Å². The fourth-order valence-corrected chi connectivity index (χ4v) is 4.66. The minimum atomic E-state index is -0.464. The molecule has 1 unspecified atom stereocenters. The van der Waals surface area contributed by atoms with E-state index in [0.717, 1.165) is 30.2 Å². The first-order valence-electron chi connectivity index (χ1n) is 10.1. The molecule has 0 bridgehead atoms. The van der Waals surface area contributed by atoms with Crippen LogP contribution in [-0.4, -0.2) is 47.8 Å². The predicted octanol–water partition coefficient (Wildman–Crippen LogP) is 2.33. The van der Waals surface area contributed by atoms with E-state index in [1.165, 1.54) is 28.3 Å². The van der Waals surface area contributed by atoms with Crippen LogP contribution in [0.5, 0.6) is 11.5 Å². The molecule has 1 N–H and O–H groups in total. The Hall–Kier alpha value is -3.14. The highest BCUT2D eigenvalue weighted by atomic mass is 32.1. The van der Waals surface area contributed by atoms with Gasteiger partial charge in [0.05, 0.1) is 14.2 Å². The highest BCUT2D eigenvalue weighted by molar-refractivity contribution is 7.20. The van der Waals surface area contributed by atoms with Crippen molar-refractivity contribution >= 4 is 27.3 Å². The molecule has 1 amide bonds. The van der Waals surface area contributed by atoms with Gasteiger partial charge in [0, 0.05) is 37.3 Å². The third-order valence-electron chi connectivity index (χ3n) is 5.34. The SMILES string of the molecule is COc1ccc(CNC(=O)c2cc(=O)nc3sc(N4CCCC(C)C4)nn23)c(OC)c1. The van der Waals surface area contributed by atoms with Gasteiger partial charge in [-0.05, 0) is 30.9 Å². The zero-order valence-electron chi connectivity index (χ0n) is 17.8. The number of fused-ring (bicyclic) bond motifs is 1. The standard InChI is InChI=1S/C21H25N5O4S/c1-13-5-4-8-25(12-13)21-24-26-16(10-18(27)23-20(26)31-21)19(28)22-11-14-6-7-15(29-2)9-17(14)30-3/h6-7,9-10,13H,4-5,8,11-12H2,1-3H3,(H,22,28). The van der Waals surface area contributed by atoms with Crippen LogP contribution in [0, 0.1) is 5.92 Å². The van der Waals surface area contributed by atoms with E-state index in [1.807, 2.05) is 6.07 Å². The predicted molar refractivity (Wildman–Crippen MR) is 118 cm³/mol. The third-order valence-corrected chi connectivity index (χ3v) is 6.31. The largest absolute Gasteiger partial charge is 0.497 e. The lowest BCUT2D eigenvalue weighted by molar-refractivity contribution is 0.0943. The van der Waals surface area contributed by atoms with Crippen LogP contribution < -0.4 is 25.2 Å². The van der Waals surface area contributed by atoms with Crippen LogP contribution in [0.25, 0.3) is 4.96 Å². The Balaban J connectivity index is 1.58. The Morgan fingerprint density at radius 2 is 2.13 bits per heavy atom. The summed E-state index contributed by atoms with van der Waals surface area (Å²) in [4.78, 5) is 31.7. The van der Waals surface area contributed by atoms with E-state index < -0.39 is 11.5 Å². The molecule has 9 nitrogen and oxygen atoms in total. The van der Waals surface area contributed by atoms with Crippen LogP contribution in [0.2, 0.25) is 0 Å². The number of benzene rings is 1. The van der Waals surface area contributed by atoms with Gasteiger partial charge in [-0.25, -0.2) is 0 Å². The van der Waals surface area contributed by atoms with E-state index in [2.05, 4.69) is 27.2 Å². The van der Waals surface area contributed by atoms with Gasteiger partial charge in [0.1, 0.15) is 17.2 Å². The molecule has 4 rings (SSSR count). The number of piperidine rings is 1. The molecule has 0 saturated carbocycles. The Kier molecular flexibility index (Phi) is 6.08. The second-order valence-corrected chi connectivity index (χ2v) is 8.55. The number of methoxy groups -OCH3 is 2. The van der Waals surface area contributed by atoms with Gasteiger partial charge in [0.2, 0.25) is 10.1 Å². The second-order valence-electron chi connectivity index (χ2n) is 7.61. The molecule has 31 heavy (non-hydrogen) atoms. The first-order chi connectivity index (χ1) is 15.0. The van der Waals surface area contributed by atoms with Gasteiger partial charge in [0.25, 0.3) is 11.5 Å². The van der Waals surface area contributed by atoms with E-state index in [-0.39, 0.29) is 12.2 Å². The summed E-state index contributed by atoms with van der Waals surface area (Å²) in [5, 5.41) is 8.22. The summed E-state index contributed by atoms with van der Waals surface area (Å²) in [7, 11) is 3.14. The number of aromatic nitrogens is 3. The normalized spacial score (nSPS) is 16.4. The minimum Gasteiger partial charge on any atom is -0.497 e. The molecule has 3 heterocycles. The highest BCUT2D eigenvalue weighted by Gasteiger charge is 2.22. The molecule has 0 spiro atoms. The van der Waals surface area contributed by atoms with Gasteiger partial charge in [-0.1, -0.05) is 18.3 Å². The fraction of sp³-hybridized carbons (Fsp3) is 0.429. The zero-order chi connectivity index (χ0) is 22.0. The van der Waals surface area contributed by atoms with Crippen LogP contribution in [0.15, 0.2) is 29.1 Å². The summed E-state index contributed by atoms with van der Waals surface area (Å²) in [6.45, 7) is 4.26. The Morgan fingerprint density at radius 3 is 2.87 bits per heavy atom. The van der Waals surface area contributed by atoms with Gasteiger partial charge < -0.3 is 19.7 Å². The zero-order valence-corrected chi connectivity index (χ0v) is 18.6. The number of ether oxygens (including phenoxy) is 2. The molecule has 1 saturated heterocycles. The number of carbonyl (C=O) groups excluding carboxylic acids is 1. The number of hydrogen-bond acceptors (Lipinski definition) is 8. The van der Waals surface area contributed by atoms with Crippen molar-refractivity contribution in [2.45, 2.75) is 26.3 Å². The Morgan fingerprint density at radius 1 is 1.29 bits per heavy atom. The Bertz CT molecular complexity index is 1160. The van der Waals surface area contributed by atoms with Crippen molar-refractivity contribution in [1.82, 2.24) is 19.9 Å². The monoisotopic (exact) mass is 443 g/mol. The topological polar surface area (TPSA) is 98.1 Å². The summed E-state index contributed by atoms with van der Waals surface area (Å²) in [5.41, 5.74) is 0.486. The first kappa shape index (κ1) is 21.1. The van der Waals surface area contributed by atoms with Crippen molar-refractivity contribution in [3.63, 3.8) is 0 Å². The molecular formula is C21H25N5O4S. The van der Waals surface area contributed by atoms with Crippen molar-refractivity contribution in [3.8, 4) is 11.5 Å². The number of anilines is 1. The summed E-state index contributed by atoms with van der Waals surface area (Å²) in [6.07, 6.45) is 2.29. The van der Waals surface area contributed by atoms with E-state index in [9.17, 15) is 9.59 Å². The number of rotatable bonds is 6. The van der Waals surface area contributed by atoms with Crippen molar-refractivity contribution < 1.29 is 14.3 Å². The Labute approximate surface area is 183 Å². The molecule has 1 aliphatic heterocycles. The van der Waals surface area contributed by atoms with Gasteiger partial charge in [-0.15, -0.1) is 5.10 Å². The van der Waals surface area contributed by atoms with E-state index in [0.29, 0.717) is 22.4 Å². The van der Waals surface area contributed by atoms with E-state index in [4.69, 9.17) is 9.47 Å². The van der Waals surface area contributed by atoms with Crippen LogP contribution >= 0.6 is 11.3 Å². The van der Waals surface area contributed by atoms with E-state index >= 15 is 0 Å². The first-order valence-corrected chi connectivity index (χ1v) is 10.9. The van der Waals surface area contributed by atoms with Crippen LogP contribution in [0.3, 0.4) is 0 Å². The molecule has 10 heteroatoms. The number of nitrogens with zero attached hydrogens (tertiary/aromatic N) is 4. The smallest absolute Gasteiger partial charge is 0.274 e. The van der Waals surface area contributed by atoms with Crippen LogP contribution in [0.1, 0.15) is 35.8 Å².